The molecule has 1 saturated carbocycles. The molecule has 0 radical (unpaired) electrons. The monoisotopic (exact) mass is 247 g/mol. The fraction of sp³-hybridized carbons (Fsp3) is 0.625. The molecule has 1 aliphatic rings. The van der Waals surface area contributed by atoms with Crippen LogP contribution < -0.4 is 5.73 Å². The van der Waals surface area contributed by atoms with Gasteiger partial charge in [-0.3, -0.25) is 0 Å². The maximum absolute atomic E-state index is 6.26. The molecule has 2 atom stereocenters. The van der Waals surface area contributed by atoms with Crippen LogP contribution in [0, 0.1) is 5.92 Å². The molecule has 1 fully saturated rings. The zero-order valence-electron chi connectivity index (χ0n) is 11.5. The predicted octanol–water partition coefficient (Wildman–Crippen LogP) is 3.67. The van der Waals surface area contributed by atoms with Crippen molar-refractivity contribution in [2.45, 2.75) is 57.8 Å². The second kappa shape index (κ2) is 6.35. The molecule has 0 saturated heterocycles. The van der Waals surface area contributed by atoms with Crippen molar-refractivity contribution in [3.05, 3.63) is 35.9 Å². The van der Waals surface area contributed by atoms with Crippen molar-refractivity contribution >= 4 is 0 Å². The van der Waals surface area contributed by atoms with E-state index in [4.69, 9.17) is 10.5 Å². The van der Waals surface area contributed by atoms with Gasteiger partial charge >= 0.3 is 0 Å². The number of hydrogen-bond acceptors (Lipinski definition) is 2. The van der Waals surface area contributed by atoms with E-state index in [0.29, 0.717) is 6.10 Å². The van der Waals surface area contributed by atoms with Crippen LogP contribution in [0.1, 0.15) is 51.2 Å². The summed E-state index contributed by atoms with van der Waals surface area (Å²) in [4.78, 5) is 0. The van der Waals surface area contributed by atoms with Gasteiger partial charge in [-0.05, 0) is 44.1 Å². The third kappa shape index (κ3) is 3.56. The summed E-state index contributed by atoms with van der Waals surface area (Å²) in [5.41, 5.74) is 7.29. The third-order valence-corrected chi connectivity index (χ3v) is 3.91. The fourth-order valence-corrected chi connectivity index (χ4v) is 2.72. The van der Waals surface area contributed by atoms with Crippen LogP contribution >= 0.6 is 0 Å². The van der Waals surface area contributed by atoms with Crippen molar-refractivity contribution in [3.8, 4) is 0 Å². The van der Waals surface area contributed by atoms with Gasteiger partial charge in [0.25, 0.3) is 0 Å². The molecular formula is C16H25NO. The van der Waals surface area contributed by atoms with E-state index in [1.165, 1.54) is 31.2 Å². The van der Waals surface area contributed by atoms with E-state index in [9.17, 15) is 0 Å². The normalized spacial score (nSPS) is 27.7. The zero-order chi connectivity index (χ0) is 13.0. The molecule has 2 unspecified atom stereocenters. The molecule has 1 aromatic rings. The average molecular weight is 247 g/mol. The second-order valence-electron chi connectivity index (χ2n) is 5.71. The number of rotatable bonds is 4. The maximum atomic E-state index is 6.26. The summed E-state index contributed by atoms with van der Waals surface area (Å²) >= 11 is 0. The minimum Gasteiger partial charge on any atom is -0.369 e. The van der Waals surface area contributed by atoms with E-state index in [1.54, 1.807) is 0 Å². The highest BCUT2D eigenvalue weighted by molar-refractivity contribution is 5.18. The van der Waals surface area contributed by atoms with Crippen LogP contribution in [0.3, 0.4) is 0 Å². The van der Waals surface area contributed by atoms with Gasteiger partial charge in [0.05, 0.1) is 12.2 Å². The topological polar surface area (TPSA) is 35.2 Å². The highest BCUT2D eigenvalue weighted by Crippen LogP contribution is 2.30. The fourth-order valence-electron chi connectivity index (χ4n) is 2.72. The van der Waals surface area contributed by atoms with Crippen LogP contribution in [0.4, 0.5) is 0 Å². The Bertz CT molecular complexity index is 341. The first-order valence-electron chi connectivity index (χ1n) is 7.13. The Morgan fingerprint density at radius 1 is 1.11 bits per heavy atom. The van der Waals surface area contributed by atoms with E-state index >= 15 is 0 Å². The van der Waals surface area contributed by atoms with Crippen LogP contribution in [0.5, 0.6) is 0 Å². The Hall–Kier alpha value is -0.860. The molecular weight excluding hydrogens is 222 g/mol. The number of hydrogen-bond donors (Lipinski definition) is 1. The lowest BCUT2D eigenvalue weighted by molar-refractivity contribution is -0.0459. The molecule has 0 spiro atoms. The van der Waals surface area contributed by atoms with Crippen molar-refractivity contribution in [3.63, 3.8) is 0 Å². The van der Waals surface area contributed by atoms with E-state index in [0.717, 1.165) is 5.92 Å². The summed E-state index contributed by atoms with van der Waals surface area (Å²) in [6.45, 7) is 4.36. The Morgan fingerprint density at radius 3 is 2.28 bits per heavy atom. The SMILES string of the molecule is CC1CCC(OC(c2ccccc2)C(C)N)CC1. The standard InChI is InChI=1S/C16H25NO/c1-12-8-10-15(11-9-12)18-16(13(2)17)14-6-4-3-5-7-14/h3-7,12-13,15-16H,8-11,17H2,1-2H3. The lowest BCUT2D eigenvalue weighted by Gasteiger charge is -2.32. The van der Waals surface area contributed by atoms with Crippen LogP contribution in [0.15, 0.2) is 30.3 Å². The molecule has 2 heteroatoms. The van der Waals surface area contributed by atoms with E-state index in [1.807, 2.05) is 13.0 Å². The summed E-state index contributed by atoms with van der Waals surface area (Å²) in [5, 5.41) is 0. The van der Waals surface area contributed by atoms with Gasteiger partial charge in [-0.2, -0.15) is 0 Å². The van der Waals surface area contributed by atoms with Gasteiger partial charge < -0.3 is 10.5 Å². The Morgan fingerprint density at radius 2 is 1.72 bits per heavy atom. The zero-order valence-corrected chi connectivity index (χ0v) is 11.5. The molecule has 1 aromatic carbocycles. The van der Waals surface area contributed by atoms with Gasteiger partial charge in [0, 0.05) is 6.04 Å². The van der Waals surface area contributed by atoms with Crippen molar-refractivity contribution < 1.29 is 4.74 Å². The molecule has 18 heavy (non-hydrogen) atoms. The molecule has 2 rings (SSSR count). The minimum absolute atomic E-state index is 0.0320. The van der Waals surface area contributed by atoms with E-state index in [-0.39, 0.29) is 12.1 Å². The Labute approximate surface area is 111 Å². The van der Waals surface area contributed by atoms with Crippen molar-refractivity contribution in [2.24, 2.45) is 11.7 Å². The number of ether oxygens (including phenoxy) is 1. The highest BCUT2D eigenvalue weighted by Gasteiger charge is 2.24. The maximum Gasteiger partial charge on any atom is 0.0976 e. The average Bonchev–Trinajstić information content (AvgIpc) is 2.38. The Kier molecular flexibility index (Phi) is 4.79. The molecule has 1 aliphatic carbocycles. The highest BCUT2D eigenvalue weighted by atomic mass is 16.5. The second-order valence-corrected chi connectivity index (χ2v) is 5.71. The first-order chi connectivity index (χ1) is 8.66. The Balaban J connectivity index is 1.99. The van der Waals surface area contributed by atoms with Gasteiger partial charge in [0.15, 0.2) is 0 Å². The van der Waals surface area contributed by atoms with Gasteiger partial charge in [-0.15, -0.1) is 0 Å². The summed E-state index contributed by atoms with van der Waals surface area (Å²) < 4.78 is 6.26. The smallest absolute Gasteiger partial charge is 0.0976 e. The first-order valence-corrected chi connectivity index (χ1v) is 7.13. The van der Waals surface area contributed by atoms with Crippen molar-refractivity contribution in [1.82, 2.24) is 0 Å². The van der Waals surface area contributed by atoms with E-state index in [2.05, 4.69) is 31.2 Å². The van der Waals surface area contributed by atoms with Crippen molar-refractivity contribution in [2.75, 3.05) is 0 Å². The van der Waals surface area contributed by atoms with Crippen LogP contribution in [0.25, 0.3) is 0 Å². The largest absolute Gasteiger partial charge is 0.369 e. The molecule has 2 N–H and O–H groups in total. The molecule has 100 valence electrons. The summed E-state index contributed by atoms with van der Waals surface area (Å²) in [6, 6.07) is 10.4. The van der Waals surface area contributed by atoms with Gasteiger partial charge in [0.1, 0.15) is 0 Å². The molecule has 0 bridgehead atoms. The van der Waals surface area contributed by atoms with Gasteiger partial charge in [-0.1, -0.05) is 37.3 Å². The third-order valence-electron chi connectivity index (χ3n) is 3.91. The summed E-state index contributed by atoms with van der Waals surface area (Å²) in [6.07, 6.45) is 5.34. The first kappa shape index (κ1) is 13.6. The molecule has 0 aromatic heterocycles. The summed E-state index contributed by atoms with van der Waals surface area (Å²) in [7, 11) is 0. The lowest BCUT2D eigenvalue weighted by atomic mass is 9.88. The molecule has 0 heterocycles. The lowest BCUT2D eigenvalue weighted by Crippen LogP contribution is -2.32. The van der Waals surface area contributed by atoms with E-state index < -0.39 is 0 Å². The molecule has 0 aliphatic heterocycles. The molecule has 0 amide bonds. The van der Waals surface area contributed by atoms with Crippen LogP contribution in [-0.2, 0) is 4.74 Å². The van der Waals surface area contributed by atoms with Crippen LogP contribution in [0.2, 0.25) is 0 Å². The van der Waals surface area contributed by atoms with Crippen molar-refractivity contribution in [1.29, 1.82) is 0 Å². The van der Waals surface area contributed by atoms with Gasteiger partial charge in [0.2, 0.25) is 0 Å². The summed E-state index contributed by atoms with van der Waals surface area (Å²) in [5.74, 6) is 0.857. The van der Waals surface area contributed by atoms with Gasteiger partial charge in [-0.25, -0.2) is 0 Å². The van der Waals surface area contributed by atoms with Crippen LogP contribution in [-0.4, -0.2) is 12.1 Å². The predicted molar refractivity (Wildman–Crippen MR) is 75.3 cm³/mol. The number of nitrogens with two attached hydrogens (primary N) is 1. The minimum atomic E-state index is 0.0320. The number of benzene rings is 1. The quantitative estimate of drug-likeness (QED) is 0.881. The molecule has 2 nitrogen and oxygen atoms in total.